The van der Waals surface area contributed by atoms with Crippen LogP contribution in [0.2, 0.25) is 0 Å². The van der Waals surface area contributed by atoms with Crippen molar-refractivity contribution < 1.29 is 0 Å². The average molecular weight is 372 g/mol. The second-order valence-electron chi connectivity index (χ2n) is 7.20. The van der Waals surface area contributed by atoms with Gasteiger partial charge in [-0.1, -0.05) is 91.0 Å². The van der Waals surface area contributed by atoms with Crippen LogP contribution in [-0.4, -0.2) is 9.97 Å². The molecule has 29 heavy (non-hydrogen) atoms. The number of benzene rings is 4. The van der Waals surface area contributed by atoms with E-state index < -0.39 is 0 Å². The molecule has 0 N–H and O–H groups in total. The van der Waals surface area contributed by atoms with Crippen LogP contribution < -0.4 is 0 Å². The van der Waals surface area contributed by atoms with Gasteiger partial charge in [-0.25, -0.2) is 9.97 Å². The minimum atomic E-state index is 0.757. The van der Waals surface area contributed by atoms with Crippen LogP contribution in [0.4, 0.5) is 0 Å². The van der Waals surface area contributed by atoms with Crippen molar-refractivity contribution in [1.82, 2.24) is 9.97 Å². The fourth-order valence-corrected chi connectivity index (χ4v) is 3.64. The highest BCUT2D eigenvalue weighted by molar-refractivity contribution is 5.87. The smallest absolute Gasteiger partial charge is 0.160 e. The Morgan fingerprint density at radius 2 is 1.17 bits per heavy atom. The lowest BCUT2D eigenvalue weighted by atomic mass is 10.0. The summed E-state index contributed by atoms with van der Waals surface area (Å²) in [5.74, 6) is 0.757. The highest BCUT2D eigenvalue weighted by Gasteiger charge is 2.12. The van der Waals surface area contributed by atoms with Crippen LogP contribution in [0.15, 0.2) is 103 Å². The third kappa shape index (κ3) is 3.41. The van der Waals surface area contributed by atoms with Crippen LogP contribution >= 0.6 is 0 Å². The zero-order valence-corrected chi connectivity index (χ0v) is 16.2. The maximum atomic E-state index is 4.96. The Labute approximate surface area is 170 Å². The predicted octanol–water partition coefficient (Wildman–Crippen LogP) is 6.94. The van der Waals surface area contributed by atoms with Gasteiger partial charge in [-0.05, 0) is 35.4 Å². The Hall–Kier alpha value is -3.78. The van der Waals surface area contributed by atoms with Gasteiger partial charge in [-0.2, -0.15) is 0 Å². The third-order valence-electron chi connectivity index (χ3n) is 5.23. The molecule has 0 fully saturated rings. The fourth-order valence-electron chi connectivity index (χ4n) is 3.64. The lowest BCUT2D eigenvalue weighted by Crippen LogP contribution is -1.97. The van der Waals surface area contributed by atoms with Crippen molar-refractivity contribution in [3.63, 3.8) is 0 Å². The summed E-state index contributed by atoms with van der Waals surface area (Å²) in [4.78, 5) is 9.87. The Balaban J connectivity index is 1.73. The van der Waals surface area contributed by atoms with Gasteiger partial charge in [0.25, 0.3) is 0 Å². The highest BCUT2D eigenvalue weighted by Crippen LogP contribution is 2.30. The summed E-state index contributed by atoms with van der Waals surface area (Å²) in [6.45, 7) is 2.10. The zero-order chi connectivity index (χ0) is 19.6. The molecule has 1 aromatic heterocycles. The van der Waals surface area contributed by atoms with E-state index in [0.29, 0.717) is 0 Å². The molecule has 0 saturated heterocycles. The molecular weight excluding hydrogens is 352 g/mol. The molecular formula is C27H20N2. The lowest BCUT2D eigenvalue weighted by molar-refractivity contribution is 1.17. The minimum absolute atomic E-state index is 0.757. The van der Waals surface area contributed by atoms with Crippen LogP contribution in [0.25, 0.3) is 44.7 Å². The van der Waals surface area contributed by atoms with Gasteiger partial charge >= 0.3 is 0 Å². The van der Waals surface area contributed by atoms with Crippen LogP contribution in [0.5, 0.6) is 0 Å². The molecule has 0 aliphatic carbocycles. The van der Waals surface area contributed by atoms with Crippen molar-refractivity contribution in [1.29, 1.82) is 0 Å². The average Bonchev–Trinajstić information content (AvgIpc) is 2.79. The molecule has 0 atom stereocenters. The van der Waals surface area contributed by atoms with Crippen molar-refractivity contribution in [3.05, 3.63) is 109 Å². The van der Waals surface area contributed by atoms with E-state index in [0.717, 1.165) is 33.9 Å². The Morgan fingerprint density at radius 1 is 0.517 bits per heavy atom. The molecule has 0 saturated carbocycles. The Kier molecular flexibility index (Phi) is 4.38. The molecule has 0 aliphatic rings. The van der Waals surface area contributed by atoms with Crippen LogP contribution in [0, 0.1) is 6.92 Å². The normalized spacial score (nSPS) is 10.9. The number of hydrogen-bond donors (Lipinski definition) is 0. The van der Waals surface area contributed by atoms with E-state index in [9.17, 15) is 0 Å². The van der Waals surface area contributed by atoms with Gasteiger partial charge in [0.15, 0.2) is 5.82 Å². The van der Waals surface area contributed by atoms with Crippen molar-refractivity contribution in [3.8, 4) is 33.9 Å². The second-order valence-corrected chi connectivity index (χ2v) is 7.20. The van der Waals surface area contributed by atoms with Gasteiger partial charge in [0.1, 0.15) is 0 Å². The molecule has 2 heteroatoms. The summed E-state index contributed by atoms with van der Waals surface area (Å²) in [5.41, 5.74) is 6.28. The van der Waals surface area contributed by atoms with E-state index in [1.165, 1.54) is 16.3 Å². The predicted molar refractivity (Wildman–Crippen MR) is 121 cm³/mol. The number of nitrogens with zero attached hydrogens (tertiary/aromatic N) is 2. The van der Waals surface area contributed by atoms with Crippen LogP contribution in [-0.2, 0) is 0 Å². The first-order chi connectivity index (χ1) is 14.3. The van der Waals surface area contributed by atoms with Gasteiger partial charge < -0.3 is 0 Å². The van der Waals surface area contributed by atoms with E-state index in [-0.39, 0.29) is 0 Å². The third-order valence-corrected chi connectivity index (χ3v) is 5.23. The summed E-state index contributed by atoms with van der Waals surface area (Å²) in [6.07, 6.45) is 0. The topological polar surface area (TPSA) is 25.8 Å². The summed E-state index contributed by atoms with van der Waals surface area (Å²) in [5, 5.41) is 2.44. The van der Waals surface area contributed by atoms with Gasteiger partial charge in [-0.15, -0.1) is 0 Å². The molecule has 0 radical (unpaired) electrons. The number of hydrogen-bond acceptors (Lipinski definition) is 2. The Bertz CT molecular complexity index is 1310. The molecule has 0 bridgehead atoms. The molecule has 4 aromatic carbocycles. The summed E-state index contributed by atoms with van der Waals surface area (Å²) in [7, 11) is 0. The molecule has 138 valence electrons. The first-order valence-electron chi connectivity index (χ1n) is 9.78. The van der Waals surface area contributed by atoms with Crippen molar-refractivity contribution >= 4 is 10.8 Å². The second kappa shape index (κ2) is 7.33. The molecule has 2 nitrogen and oxygen atoms in total. The van der Waals surface area contributed by atoms with Crippen LogP contribution in [0.3, 0.4) is 0 Å². The maximum absolute atomic E-state index is 4.96. The maximum Gasteiger partial charge on any atom is 0.160 e. The molecule has 5 aromatic rings. The van der Waals surface area contributed by atoms with Gasteiger partial charge in [0.05, 0.1) is 11.4 Å². The molecule has 1 heterocycles. The first kappa shape index (κ1) is 17.3. The fraction of sp³-hybridized carbons (Fsp3) is 0.0370. The summed E-state index contributed by atoms with van der Waals surface area (Å²) < 4.78 is 0. The van der Waals surface area contributed by atoms with Gasteiger partial charge in [0, 0.05) is 16.7 Å². The minimum Gasteiger partial charge on any atom is -0.228 e. The monoisotopic (exact) mass is 372 g/mol. The van der Waals surface area contributed by atoms with Crippen molar-refractivity contribution in [2.45, 2.75) is 6.92 Å². The standard InChI is InChI=1S/C27H20N2/c1-19-9-5-8-14-24(19)27-28-25(21-11-3-2-4-12-21)18-26(29-27)23-16-15-20-10-6-7-13-22(20)17-23/h2-18H,1H3. The summed E-state index contributed by atoms with van der Waals surface area (Å²) in [6, 6.07) is 35.6. The molecule has 0 unspecified atom stereocenters. The number of rotatable bonds is 3. The summed E-state index contributed by atoms with van der Waals surface area (Å²) >= 11 is 0. The van der Waals surface area contributed by atoms with Gasteiger partial charge in [-0.3, -0.25) is 0 Å². The molecule has 5 rings (SSSR count). The first-order valence-corrected chi connectivity index (χ1v) is 9.78. The molecule has 0 spiro atoms. The van der Waals surface area contributed by atoms with E-state index in [1.807, 2.05) is 30.3 Å². The SMILES string of the molecule is Cc1ccccc1-c1nc(-c2ccccc2)cc(-c2ccc3ccccc3c2)n1. The van der Waals surface area contributed by atoms with E-state index in [4.69, 9.17) is 9.97 Å². The van der Waals surface area contributed by atoms with E-state index in [2.05, 4.69) is 79.7 Å². The lowest BCUT2D eigenvalue weighted by Gasteiger charge is -2.11. The van der Waals surface area contributed by atoms with Crippen molar-refractivity contribution in [2.75, 3.05) is 0 Å². The zero-order valence-electron chi connectivity index (χ0n) is 16.2. The highest BCUT2D eigenvalue weighted by atomic mass is 14.9. The number of aromatic nitrogens is 2. The van der Waals surface area contributed by atoms with Crippen molar-refractivity contribution in [2.24, 2.45) is 0 Å². The molecule has 0 amide bonds. The molecule has 0 aliphatic heterocycles. The largest absolute Gasteiger partial charge is 0.228 e. The van der Waals surface area contributed by atoms with Gasteiger partial charge in [0.2, 0.25) is 0 Å². The number of fused-ring (bicyclic) bond motifs is 1. The van der Waals surface area contributed by atoms with Crippen LogP contribution in [0.1, 0.15) is 5.56 Å². The van der Waals surface area contributed by atoms with E-state index >= 15 is 0 Å². The van der Waals surface area contributed by atoms with E-state index in [1.54, 1.807) is 0 Å². The quantitative estimate of drug-likeness (QED) is 0.343. The Morgan fingerprint density at radius 3 is 1.97 bits per heavy atom. The number of aryl methyl sites for hydroxylation is 1.